The molecule has 0 spiro atoms. The number of amides is 1. The molecule has 34 heavy (non-hydrogen) atoms. The number of nitrogens with zero attached hydrogens (tertiary/aromatic N) is 2. The van der Waals surface area contributed by atoms with E-state index in [2.05, 4.69) is 9.71 Å². The molecular weight excluding hydrogens is 476 g/mol. The van der Waals surface area contributed by atoms with Gasteiger partial charge in [-0.25, -0.2) is 13.6 Å². The fourth-order valence-electron chi connectivity index (χ4n) is 3.58. The van der Waals surface area contributed by atoms with Crippen LogP contribution in [0.25, 0.3) is 0 Å². The summed E-state index contributed by atoms with van der Waals surface area (Å²) in [6, 6.07) is 18.8. The van der Waals surface area contributed by atoms with E-state index in [0.717, 1.165) is 0 Å². The number of nitrogens with two attached hydrogens (primary N) is 1. The minimum absolute atomic E-state index is 0.0217. The Bertz CT molecular complexity index is 1510. The quantitative estimate of drug-likeness (QED) is 0.555. The van der Waals surface area contributed by atoms with Crippen LogP contribution in [0.2, 0.25) is 0 Å². The van der Waals surface area contributed by atoms with Crippen LogP contribution in [0.1, 0.15) is 34.5 Å². The average Bonchev–Trinajstić information content (AvgIpc) is 3.07. The van der Waals surface area contributed by atoms with Crippen molar-refractivity contribution in [1.29, 1.82) is 0 Å². The number of benzene rings is 3. The molecule has 0 bridgehead atoms. The van der Waals surface area contributed by atoms with Crippen LogP contribution in [0, 0.1) is 0 Å². The first-order valence-electron chi connectivity index (χ1n) is 10.2. The van der Waals surface area contributed by atoms with Crippen LogP contribution in [0.3, 0.4) is 0 Å². The lowest BCUT2D eigenvalue weighted by molar-refractivity contribution is 0.0742. The van der Waals surface area contributed by atoms with Crippen LogP contribution in [0.4, 0.5) is 5.69 Å². The van der Waals surface area contributed by atoms with Gasteiger partial charge in [-0.3, -0.25) is 4.79 Å². The van der Waals surface area contributed by atoms with E-state index in [0.29, 0.717) is 22.4 Å². The SMILES string of the molecule is CC(c1cccc(S(N)(=O)=O)c1)N(C)C(=O)c1ccc(NC2=NS(=O)(=O)c3ccccc32)cc1. The Morgan fingerprint density at radius 1 is 1.03 bits per heavy atom. The molecule has 176 valence electrons. The van der Waals surface area contributed by atoms with Crippen LogP contribution >= 0.6 is 0 Å². The maximum Gasteiger partial charge on any atom is 0.285 e. The van der Waals surface area contributed by atoms with E-state index in [9.17, 15) is 21.6 Å². The van der Waals surface area contributed by atoms with Crippen LogP contribution < -0.4 is 10.5 Å². The number of rotatable bonds is 5. The zero-order valence-electron chi connectivity index (χ0n) is 18.3. The first-order chi connectivity index (χ1) is 16.0. The predicted octanol–water partition coefficient (Wildman–Crippen LogP) is 2.73. The Morgan fingerprint density at radius 3 is 2.38 bits per heavy atom. The number of fused-ring (bicyclic) bond motifs is 1. The molecule has 1 atom stereocenters. The van der Waals surface area contributed by atoms with E-state index in [1.165, 1.54) is 23.1 Å². The Labute approximate surface area is 198 Å². The summed E-state index contributed by atoms with van der Waals surface area (Å²) in [5.74, 6) is -0.0543. The summed E-state index contributed by atoms with van der Waals surface area (Å²) in [5, 5.41) is 8.20. The first kappa shape index (κ1) is 23.6. The summed E-state index contributed by atoms with van der Waals surface area (Å²) < 4.78 is 51.5. The number of anilines is 1. The molecule has 9 nitrogen and oxygen atoms in total. The van der Waals surface area contributed by atoms with Gasteiger partial charge >= 0.3 is 0 Å². The maximum atomic E-state index is 13.0. The summed E-state index contributed by atoms with van der Waals surface area (Å²) in [6.45, 7) is 1.78. The third-order valence-corrected chi connectivity index (χ3v) is 7.84. The van der Waals surface area contributed by atoms with Gasteiger partial charge in [-0.15, -0.1) is 4.40 Å². The van der Waals surface area contributed by atoms with Gasteiger partial charge in [0.1, 0.15) is 4.90 Å². The zero-order chi connectivity index (χ0) is 24.7. The van der Waals surface area contributed by atoms with E-state index < -0.39 is 26.1 Å². The highest BCUT2D eigenvalue weighted by atomic mass is 32.2. The van der Waals surface area contributed by atoms with Crippen molar-refractivity contribution in [2.75, 3.05) is 12.4 Å². The third kappa shape index (κ3) is 4.58. The predicted molar refractivity (Wildman–Crippen MR) is 129 cm³/mol. The molecule has 0 saturated heterocycles. The van der Waals surface area contributed by atoms with Crippen LogP contribution in [-0.2, 0) is 20.0 Å². The molecule has 0 aromatic heterocycles. The summed E-state index contributed by atoms with van der Waals surface area (Å²) in [5.41, 5.74) is 2.08. The Morgan fingerprint density at radius 2 is 1.71 bits per heavy atom. The molecule has 1 amide bonds. The van der Waals surface area contributed by atoms with Gasteiger partial charge in [0.2, 0.25) is 10.0 Å². The highest BCUT2D eigenvalue weighted by Gasteiger charge is 2.28. The Hall–Kier alpha value is -3.54. The molecule has 3 aromatic rings. The molecule has 1 aliphatic rings. The number of amidine groups is 1. The van der Waals surface area contributed by atoms with Gasteiger partial charge < -0.3 is 10.2 Å². The number of carbonyl (C=O) groups is 1. The van der Waals surface area contributed by atoms with Crippen molar-refractivity contribution in [3.63, 3.8) is 0 Å². The Balaban J connectivity index is 1.51. The topological polar surface area (TPSA) is 139 Å². The van der Waals surface area contributed by atoms with Crippen molar-refractivity contribution < 1.29 is 21.6 Å². The van der Waals surface area contributed by atoms with Crippen molar-refractivity contribution in [1.82, 2.24) is 4.90 Å². The lowest BCUT2D eigenvalue weighted by Gasteiger charge is -2.26. The fraction of sp³-hybridized carbons (Fsp3) is 0.130. The van der Waals surface area contributed by atoms with E-state index in [-0.39, 0.29) is 21.5 Å². The molecule has 0 radical (unpaired) electrons. The Kier molecular flexibility index (Phi) is 6.02. The van der Waals surface area contributed by atoms with Gasteiger partial charge in [0.05, 0.1) is 10.9 Å². The van der Waals surface area contributed by atoms with E-state index in [4.69, 9.17) is 5.14 Å². The molecular formula is C23H22N4O5S2. The van der Waals surface area contributed by atoms with E-state index in [1.807, 2.05) is 0 Å². The second-order valence-corrected chi connectivity index (χ2v) is 11.0. The summed E-state index contributed by atoms with van der Waals surface area (Å²) in [7, 11) is -5.97. The van der Waals surface area contributed by atoms with Gasteiger partial charge in [-0.05, 0) is 61.0 Å². The van der Waals surface area contributed by atoms with Crippen molar-refractivity contribution in [2.24, 2.45) is 9.54 Å². The number of primary sulfonamides is 1. The lowest BCUT2D eigenvalue weighted by atomic mass is 10.1. The van der Waals surface area contributed by atoms with E-state index in [1.54, 1.807) is 68.6 Å². The molecule has 3 N–H and O–H groups in total. The highest BCUT2D eigenvalue weighted by Crippen LogP contribution is 2.27. The van der Waals surface area contributed by atoms with Gasteiger partial charge in [-0.2, -0.15) is 8.42 Å². The molecule has 3 aromatic carbocycles. The maximum absolute atomic E-state index is 13.0. The smallest absolute Gasteiger partial charge is 0.285 e. The zero-order valence-corrected chi connectivity index (χ0v) is 20.0. The molecule has 0 saturated carbocycles. The lowest BCUT2D eigenvalue weighted by Crippen LogP contribution is -2.29. The normalized spacial score (nSPS) is 15.2. The number of nitrogens with one attached hydrogen (secondary N) is 1. The summed E-state index contributed by atoms with van der Waals surface area (Å²) in [4.78, 5) is 14.6. The number of carbonyl (C=O) groups excluding carboxylic acids is 1. The molecule has 0 fully saturated rings. The average molecular weight is 499 g/mol. The molecule has 1 heterocycles. The first-order valence-corrected chi connectivity index (χ1v) is 13.2. The molecule has 0 aliphatic carbocycles. The van der Waals surface area contributed by atoms with Crippen LogP contribution in [0.15, 0.2) is 87.0 Å². The fourth-order valence-corrected chi connectivity index (χ4v) is 5.33. The molecule has 1 aliphatic heterocycles. The van der Waals surface area contributed by atoms with E-state index >= 15 is 0 Å². The molecule has 4 rings (SSSR count). The minimum Gasteiger partial charge on any atom is -0.339 e. The van der Waals surface area contributed by atoms with Crippen molar-refractivity contribution >= 4 is 37.5 Å². The molecule has 11 heteroatoms. The minimum atomic E-state index is -3.86. The largest absolute Gasteiger partial charge is 0.339 e. The summed E-state index contributed by atoms with van der Waals surface area (Å²) in [6.07, 6.45) is 0. The van der Waals surface area contributed by atoms with Gasteiger partial charge in [0.25, 0.3) is 15.9 Å². The van der Waals surface area contributed by atoms with Crippen molar-refractivity contribution in [3.8, 4) is 0 Å². The van der Waals surface area contributed by atoms with Crippen LogP contribution in [0.5, 0.6) is 0 Å². The number of hydrogen-bond acceptors (Lipinski definition) is 6. The van der Waals surface area contributed by atoms with Gasteiger partial charge in [0.15, 0.2) is 5.84 Å². The highest BCUT2D eigenvalue weighted by molar-refractivity contribution is 7.90. The standard InChI is InChI=1S/C23H22N4O5S2/c1-15(17-6-5-7-19(14-17)33(24,29)30)27(2)23(28)16-10-12-18(13-11-16)25-22-20-8-3-4-9-21(20)34(31,32)26-22/h3-15H,1-2H3,(H,25,26)(H2,24,29,30). The third-order valence-electron chi connectivity index (χ3n) is 5.60. The second-order valence-electron chi connectivity index (χ2n) is 7.82. The van der Waals surface area contributed by atoms with Crippen molar-refractivity contribution in [3.05, 3.63) is 89.5 Å². The van der Waals surface area contributed by atoms with Gasteiger partial charge in [0, 0.05) is 23.9 Å². The number of hydrogen-bond donors (Lipinski definition) is 2. The van der Waals surface area contributed by atoms with Crippen molar-refractivity contribution in [2.45, 2.75) is 22.8 Å². The van der Waals surface area contributed by atoms with Gasteiger partial charge in [-0.1, -0.05) is 24.3 Å². The van der Waals surface area contributed by atoms with Crippen LogP contribution in [-0.4, -0.2) is 40.5 Å². The second kappa shape index (κ2) is 8.67. The molecule has 1 unspecified atom stereocenters. The number of sulfonamides is 2. The monoisotopic (exact) mass is 498 g/mol. The summed E-state index contributed by atoms with van der Waals surface area (Å²) >= 11 is 0.